The number of esters is 1. The minimum atomic E-state index is -0.356. The number of carbonyl (C=O) groups is 1. The van der Waals surface area contributed by atoms with Crippen LogP contribution in [0.1, 0.15) is 6.92 Å². The van der Waals surface area contributed by atoms with E-state index in [0.717, 1.165) is 0 Å². The summed E-state index contributed by atoms with van der Waals surface area (Å²) in [6, 6.07) is 0. The first-order valence-corrected chi connectivity index (χ1v) is 10.5. The van der Waals surface area contributed by atoms with Crippen molar-refractivity contribution in [2.24, 2.45) is 0 Å². The Balaban J connectivity index is 0. The Kier molecular flexibility index (Phi) is 15.3. The zero-order chi connectivity index (χ0) is 6.28. The minimum absolute atomic E-state index is 0.356. The van der Waals surface area contributed by atoms with E-state index < -0.39 is 0 Å². The molecule has 0 aromatic heterocycles. The van der Waals surface area contributed by atoms with E-state index in [9.17, 15) is 4.79 Å². The van der Waals surface area contributed by atoms with E-state index in [4.69, 9.17) is 0 Å². The van der Waals surface area contributed by atoms with Crippen LogP contribution >= 0.6 is 19.8 Å². The van der Waals surface area contributed by atoms with Gasteiger partial charge in [0.15, 0.2) is 0 Å². The van der Waals surface area contributed by atoms with Gasteiger partial charge in [-0.15, -0.1) is 0 Å². The van der Waals surface area contributed by atoms with Crippen molar-refractivity contribution in [3.05, 3.63) is 7.11 Å². The van der Waals surface area contributed by atoms with Crippen molar-refractivity contribution >= 4 is 25.7 Å². The van der Waals surface area contributed by atoms with Gasteiger partial charge in [-0.25, -0.2) is 0 Å². The van der Waals surface area contributed by atoms with E-state index in [0.29, 0.717) is 0 Å². The summed E-state index contributed by atoms with van der Waals surface area (Å²) in [6.07, 6.45) is 0. The molecule has 0 aliphatic rings. The van der Waals surface area contributed by atoms with Crippen LogP contribution in [0.25, 0.3) is 0 Å². The van der Waals surface area contributed by atoms with Gasteiger partial charge in [0, 0.05) is 6.92 Å². The van der Waals surface area contributed by atoms with Crippen molar-refractivity contribution in [1.82, 2.24) is 0 Å². The fourth-order valence-electron chi connectivity index (χ4n) is 0. The molecule has 0 aromatic carbocycles. The van der Waals surface area contributed by atoms with Gasteiger partial charge in [0.05, 0.1) is 0 Å². The molecule has 0 radical (unpaired) electrons. The Bertz CT molecular complexity index is 48.2. The molecule has 0 atom stereocenters. The van der Waals surface area contributed by atoms with Crippen molar-refractivity contribution in [3.8, 4) is 0 Å². The molecule has 0 amide bonds. The molecule has 0 heterocycles. The first kappa shape index (κ1) is 10.7. The van der Waals surface area contributed by atoms with Crippen LogP contribution in [-0.2, 0) is 24.3 Å². The SMILES string of the molecule is [CH2-]OC(C)=O.[Zn+][I]. The summed E-state index contributed by atoms with van der Waals surface area (Å²) in [5.74, 6) is -0.356. The number of carbonyl (C=O) groups excluding carboxylic acids is 1. The van der Waals surface area contributed by atoms with Crippen LogP contribution in [0.4, 0.5) is 0 Å². The molecule has 0 fully saturated rings. The normalized spacial score (nSPS) is 5.86. The molecule has 0 unspecified atom stereocenters. The van der Waals surface area contributed by atoms with E-state index in [-0.39, 0.29) is 5.97 Å². The van der Waals surface area contributed by atoms with Crippen molar-refractivity contribution in [1.29, 1.82) is 0 Å². The van der Waals surface area contributed by atoms with E-state index in [2.05, 4.69) is 31.6 Å². The Hall–Kier alpha value is 0.823. The van der Waals surface area contributed by atoms with Crippen LogP contribution in [0, 0.1) is 7.11 Å². The number of rotatable bonds is 0. The maximum atomic E-state index is 9.53. The second kappa shape index (κ2) is 9.95. The third kappa shape index (κ3) is 19.9. The molecule has 4 heteroatoms. The van der Waals surface area contributed by atoms with Gasteiger partial charge in [-0.1, -0.05) is 0 Å². The molecule has 0 spiro atoms. The molecular weight excluding hydrogens is 260 g/mol. The Labute approximate surface area is 63.9 Å². The van der Waals surface area contributed by atoms with E-state index in [1.807, 2.05) is 0 Å². The fraction of sp³-hybridized carbons (Fsp3) is 0.333. The summed E-state index contributed by atoms with van der Waals surface area (Å²) in [5.41, 5.74) is 0. The van der Waals surface area contributed by atoms with Gasteiger partial charge in [0.1, 0.15) is 0 Å². The molecule has 0 bridgehead atoms. The quantitative estimate of drug-likeness (QED) is 0.285. The molecule has 0 rings (SSSR count). The molecule has 0 saturated carbocycles. The van der Waals surface area contributed by atoms with Crippen LogP contribution in [0.3, 0.4) is 0 Å². The van der Waals surface area contributed by atoms with Crippen LogP contribution in [0.15, 0.2) is 0 Å². The zero-order valence-corrected chi connectivity index (χ0v) is 9.23. The number of hydrogen-bond donors (Lipinski definition) is 0. The molecule has 2 nitrogen and oxygen atoms in total. The van der Waals surface area contributed by atoms with Crippen molar-refractivity contribution in [3.63, 3.8) is 0 Å². The van der Waals surface area contributed by atoms with Gasteiger partial charge >= 0.3 is 34.5 Å². The van der Waals surface area contributed by atoms with Crippen molar-refractivity contribution in [2.45, 2.75) is 6.92 Å². The van der Waals surface area contributed by atoms with Crippen molar-refractivity contribution < 1.29 is 24.3 Å². The molecule has 7 heavy (non-hydrogen) atoms. The monoisotopic (exact) mass is 264 g/mol. The maximum absolute atomic E-state index is 9.53. The topological polar surface area (TPSA) is 26.3 Å². The Morgan fingerprint density at radius 3 is 2.00 bits per heavy atom. The molecule has 0 aliphatic carbocycles. The van der Waals surface area contributed by atoms with Gasteiger partial charge in [-0.05, 0) is 0 Å². The molecule has 0 aliphatic heterocycles. The molecule has 38 valence electrons. The summed E-state index contributed by atoms with van der Waals surface area (Å²) in [6.45, 7) is 1.30. The van der Waals surface area contributed by atoms with Gasteiger partial charge in [-0.3, -0.25) is 4.79 Å². The fourth-order valence-corrected chi connectivity index (χ4v) is 0. The summed E-state index contributed by atoms with van der Waals surface area (Å²) >= 11 is 3.62. The Morgan fingerprint density at radius 2 is 2.00 bits per heavy atom. The molecular formula is C3H5IO2Zn. The summed E-state index contributed by atoms with van der Waals surface area (Å²) in [5, 5.41) is 0. The first-order valence-electron chi connectivity index (χ1n) is 1.46. The van der Waals surface area contributed by atoms with Crippen molar-refractivity contribution in [2.75, 3.05) is 0 Å². The number of halogens is 1. The predicted octanol–water partition coefficient (Wildman–Crippen LogP) is 1.22. The van der Waals surface area contributed by atoms with Gasteiger partial charge in [0.25, 0.3) is 5.97 Å². The molecule has 0 aromatic rings. The van der Waals surface area contributed by atoms with E-state index in [1.54, 1.807) is 0 Å². The number of hydrogen-bond acceptors (Lipinski definition) is 2. The Morgan fingerprint density at radius 1 is 1.86 bits per heavy atom. The average molecular weight is 265 g/mol. The van der Waals surface area contributed by atoms with Crippen LogP contribution in [-0.4, -0.2) is 5.97 Å². The van der Waals surface area contributed by atoms with Gasteiger partial charge in [-0.2, -0.15) is 7.11 Å². The van der Waals surface area contributed by atoms with E-state index in [1.165, 1.54) is 21.7 Å². The summed E-state index contributed by atoms with van der Waals surface area (Å²) in [7, 11) is 2.84. The van der Waals surface area contributed by atoms with Crippen LogP contribution in [0.5, 0.6) is 0 Å². The number of ether oxygens (including phenoxy) is 1. The first-order chi connectivity index (χ1) is 3.27. The molecule has 0 N–H and O–H groups in total. The summed E-state index contributed by atoms with van der Waals surface area (Å²) < 4.78 is 3.86. The standard InChI is InChI=1S/C3H5O2.HI.Zn/c1-3(4)5-2;;/h2H2,1H3;1H;/q-1;;+2/p-1. The zero-order valence-electron chi connectivity index (χ0n) is 4.11. The van der Waals surface area contributed by atoms with Crippen LogP contribution < -0.4 is 0 Å². The van der Waals surface area contributed by atoms with E-state index >= 15 is 0 Å². The predicted molar refractivity (Wildman–Crippen MR) is 31.1 cm³/mol. The second-order valence-electron chi connectivity index (χ2n) is 0.636. The summed E-state index contributed by atoms with van der Waals surface area (Å²) in [4.78, 5) is 9.53. The van der Waals surface area contributed by atoms with Gasteiger partial charge in [0.2, 0.25) is 0 Å². The second-order valence-corrected chi connectivity index (χ2v) is 0.636. The average Bonchev–Trinajstić information content (AvgIpc) is 1.73. The molecule has 0 saturated heterocycles. The van der Waals surface area contributed by atoms with Crippen LogP contribution in [0.2, 0.25) is 0 Å². The van der Waals surface area contributed by atoms with Gasteiger partial charge < -0.3 is 4.74 Å². The third-order valence-corrected chi connectivity index (χ3v) is 0.203. The third-order valence-electron chi connectivity index (χ3n) is 0.203.